The molecule has 0 spiro atoms. The average molecular weight is 289 g/mol. The van der Waals surface area contributed by atoms with Crippen molar-refractivity contribution in [1.82, 2.24) is 9.55 Å². The minimum absolute atomic E-state index is 0.177. The van der Waals surface area contributed by atoms with Crippen LogP contribution in [-0.4, -0.2) is 9.55 Å². The summed E-state index contributed by atoms with van der Waals surface area (Å²) in [7, 11) is 0. The molecule has 0 radical (unpaired) electrons. The predicted molar refractivity (Wildman–Crippen MR) is 84.2 cm³/mol. The first-order valence-electron chi connectivity index (χ1n) is 7.21. The van der Waals surface area contributed by atoms with E-state index in [1.807, 2.05) is 5.51 Å². The van der Waals surface area contributed by atoms with Gasteiger partial charge in [-0.3, -0.25) is 0 Å². The molecule has 2 N–H and O–H groups in total. The Balaban J connectivity index is 2.03. The molecule has 1 atom stereocenters. The fourth-order valence-corrected chi connectivity index (χ4v) is 4.11. The van der Waals surface area contributed by atoms with E-state index in [1.54, 1.807) is 11.3 Å². The van der Waals surface area contributed by atoms with Crippen LogP contribution in [0.1, 0.15) is 53.8 Å². The zero-order valence-corrected chi connectivity index (χ0v) is 13.5. The zero-order valence-electron chi connectivity index (χ0n) is 12.7. The first-order chi connectivity index (χ1) is 9.37. The second kappa shape index (κ2) is 4.71. The maximum atomic E-state index is 6.38. The summed E-state index contributed by atoms with van der Waals surface area (Å²) in [5.74, 6) is 0. The molecule has 2 aromatic rings. The molecule has 2 aromatic heterocycles. The minimum Gasteiger partial charge on any atom is -0.343 e. The number of hydrogen-bond donors (Lipinski definition) is 1. The Morgan fingerprint density at radius 2 is 2.20 bits per heavy atom. The summed E-state index contributed by atoms with van der Waals surface area (Å²) in [4.78, 5) is 5.71. The van der Waals surface area contributed by atoms with E-state index in [-0.39, 0.29) is 11.5 Å². The van der Waals surface area contributed by atoms with Crippen LogP contribution in [0.25, 0.3) is 0 Å². The average Bonchev–Trinajstić information content (AvgIpc) is 2.86. The predicted octanol–water partition coefficient (Wildman–Crippen LogP) is 3.58. The van der Waals surface area contributed by atoms with Gasteiger partial charge in [-0.15, -0.1) is 11.3 Å². The summed E-state index contributed by atoms with van der Waals surface area (Å²) in [6, 6.07) is 2.46. The molecule has 0 aromatic carbocycles. The highest BCUT2D eigenvalue weighted by Crippen LogP contribution is 2.41. The highest BCUT2D eigenvalue weighted by Gasteiger charge is 2.33. The van der Waals surface area contributed by atoms with Gasteiger partial charge in [0.05, 0.1) is 17.7 Å². The third kappa shape index (κ3) is 2.31. The Hall–Kier alpha value is -1.13. The molecule has 0 fully saturated rings. The third-order valence-electron chi connectivity index (χ3n) is 4.41. The molecule has 3 rings (SSSR count). The molecular weight excluding hydrogens is 266 g/mol. The van der Waals surface area contributed by atoms with Crippen molar-refractivity contribution in [2.75, 3.05) is 0 Å². The number of nitrogens with zero attached hydrogens (tertiary/aromatic N) is 2. The Bertz CT molecular complexity index is 636. The van der Waals surface area contributed by atoms with Crippen molar-refractivity contribution in [2.24, 2.45) is 11.1 Å². The summed E-state index contributed by atoms with van der Waals surface area (Å²) >= 11 is 1.74. The maximum absolute atomic E-state index is 6.38. The van der Waals surface area contributed by atoms with E-state index in [0.717, 1.165) is 25.1 Å². The van der Waals surface area contributed by atoms with E-state index in [0.29, 0.717) is 0 Å². The number of hydrogen-bond acceptors (Lipinski definition) is 3. The number of aromatic nitrogens is 2. The van der Waals surface area contributed by atoms with Crippen LogP contribution in [0.4, 0.5) is 0 Å². The third-order valence-corrected chi connectivity index (χ3v) is 5.33. The van der Waals surface area contributed by atoms with Crippen LogP contribution in [0, 0.1) is 19.3 Å². The van der Waals surface area contributed by atoms with Gasteiger partial charge >= 0.3 is 0 Å². The van der Waals surface area contributed by atoms with Gasteiger partial charge in [0.25, 0.3) is 0 Å². The Morgan fingerprint density at radius 3 is 2.85 bits per heavy atom. The first-order valence-corrected chi connectivity index (χ1v) is 8.09. The largest absolute Gasteiger partial charge is 0.343 e. The van der Waals surface area contributed by atoms with Crippen LogP contribution >= 0.6 is 11.3 Å². The van der Waals surface area contributed by atoms with Gasteiger partial charge in [0, 0.05) is 22.3 Å². The fourth-order valence-electron chi connectivity index (χ4n) is 3.35. The van der Waals surface area contributed by atoms with Gasteiger partial charge in [0.15, 0.2) is 0 Å². The molecule has 4 heteroatoms. The molecule has 1 unspecified atom stereocenters. The van der Waals surface area contributed by atoms with Crippen molar-refractivity contribution < 1.29 is 0 Å². The molecule has 0 aliphatic heterocycles. The first kappa shape index (κ1) is 13.8. The maximum Gasteiger partial charge on any atom is 0.0798 e. The monoisotopic (exact) mass is 289 g/mol. The van der Waals surface area contributed by atoms with E-state index in [1.165, 1.54) is 21.8 Å². The van der Waals surface area contributed by atoms with Gasteiger partial charge < -0.3 is 10.3 Å². The molecule has 0 amide bonds. The van der Waals surface area contributed by atoms with Gasteiger partial charge in [0.2, 0.25) is 0 Å². The van der Waals surface area contributed by atoms with Gasteiger partial charge in [0.1, 0.15) is 0 Å². The normalized spacial score (nSPS) is 20.9. The van der Waals surface area contributed by atoms with Crippen molar-refractivity contribution in [3.63, 3.8) is 0 Å². The van der Waals surface area contributed by atoms with Crippen molar-refractivity contribution in [2.45, 2.75) is 53.1 Å². The summed E-state index contributed by atoms with van der Waals surface area (Å²) in [6.07, 6.45) is 2.19. The number of fused-ring (bicyclic) bond motifs is 1. The molecular formula is C16H23N3S. The van der Waals surface area contributed by atoms with Crippen molar-refractivity contribution in [1.29, 1.82) is 0 Å². The summed E-state index contributed by atoms with van der Waals surface area (Å²) in [5.41, 5.74) is 13.9. The SMILES string of the molecule is Cc1ncsc1Cn1c(C)cc2c1CC(C)(C)CC2N. The topological polar surface area (TPSA) is 43.8 Å². The lowest BCUT2D eigenvalue weighted by molar-refractivity contribution is 0.276. The zero-order chi connectivity index (χ0) is 14.5. The smallest absolute Gasteiger partial charge is 0.0798 e. The second-order valence-corrected chi connectivity index (χ2v) is 7.73. The van der Waals surface area contributed by atoms with Crippen molar-refractivity contribution in [3.8, 4) is 0 Å². The molecule has 3 nitrogen and oxygen atoms in total. The van der Waals surface area contributed by atoms with Crippen LogP contribution in [0.15, 0.2) is 11.6 Å². The Kier molecular flexibility index (Phi) is 3.26. The summed E-state index contributed by atoms with van der Waals surface area (Å²) in [6.45, 7) is 9.85. The second-order valence-electron chi connectivity index (χ2n) is 6.79. The molecule has 20 heavy (non-hydrogen) atoms. The lowest BCUT2D eigenvalue weighted by atomic mass is 9.74. The van der Waals surface area contributed by atoms with Crippen molar-refractivity contribution >= 4 is 11.3 Å². The minimum atomic E-state index is 0.177. The van der Waals surface area contributed by atoms with E-state index >= 15 is 0 Å². The molecule has 2 heterocycles. The molecule has 1 aliphatic carbocycles. The highest BCUT2D eigenvalue weighted by atomic mass is 32.1. The molecule has 108 valence electrons. The van der Waals surface area contributed by atoms with Gasteiger partial charge in [-0.2, -0.15) is 0 Å². The fraction of sp³-hybridized carbons (Fsp3) is 0.562. The summed E-state index contributed by atoms with van der Waals surface area (Å²) in [5, 5.41) is 0. The van der Waals surface area contributed by atoms with Gasteiger partial charge in [-0.1, -0.05) is 13.8 Å². The molecule has 0 bridgehead atoms. The van der Waals surface area contributed by atoms with E-state index in [9.17, 15) is 0 Å². The van der Waals surface area contributed by atoms with Gasteiger partial charge in [-0.05, 0) is 43.7 Å². The number of aryl methyl sites for hydroxylation is 2. The molecule has 0 saturated heterocycles. The highest BCUT2D eigenvalue weighted by molar-refractivity contribution is 7.09. The van der Waals surface area contributed by atoms with Gasteiger partial charge in [-0.25, -0.2) is 4.98 Å². The quantitative estimate of drug-likeness (QED) is 0.918. The summed E-state index contributed by atoms with van der Waals surface area (Å²) < 4.78 is 2.44. The van der Waals surface area contributed by atoms with E-state index < -0.39 is 0 Å². The lowest BCUT2D eigenvalue weighted by Crippen LogP contribution is -2.30. The molecule has 0 saturated carbocycles. The lowest BCUT2D eigenvalue weighted by Gasteiger charge is -2.34. The van der Waals surface area contributed by atoms with E-state index in [2.05, 4.69) is 43.3 Å². The van der Waals surface area contributed by atoms with Crippen LogP contribution in [0.5, 0.6) is 0 Å². The van der Waals surface area contributed by atoms with Crippen LogP contribution in [0.2, 0.25) is 0 Å². The van der Waals surface area contributed by atoms with Crippen LogP contribution in [0.3, 0.4) is 0 Å². The number of rotatable bonds is 2. The Morgan fingerprint density at radius 1 is 1.45 bits per heavy atom. The number of nitrogens with two attached hydrogens (primary N) is 1. The van der Waals surface area contributed by atoms with E-state index in [4.69, 9.17) is 5.73 Å². The van der Waals surface area contributed by atoms with Crippen LogP contribution in [-0.2, 0) is 13.0 Å². The van der Waals surface area contributed by atoms with Crippen LogP contribution < -0.4 is 5.73 Å². The number of thiazole rings is 1. The Labute approximate surface area is 124 Å². The van der Waals surface area contributed by atoms with Crippen molar-refractivity contribution in [3.05, 3.63) is 39.1 Å². The standard InChI is InChI=1S/C16H23N3S/c1-10-5-12-13(17)6-16(3,4)7-14(12)19(10)8-15-11(2)18-9-20-15/h5,9,13H,6-8,17H2,1-4H3. The molecule has 1 aliphatic rings.